The minimum atomic E-state index is -0.220. The van der Waals surface area contributed by atoms with Crippen LogP contribution < -0.4 is 5.32 Å². The lowest BCUT2D eigenvalue weighted by Gasteiger charge is -2.05. The summed E-state index contributed by atoms with van der Waals surface area (Å²) in [4.78, 5) is 14.0. The molecule has 1 N–H and O–H groups in total. The van der Waals surface area contributed by atoms with E-state index in [4.69, 9.17) is 18.0 Å². The summed E-state index contributed by atoms with van der Waals surface area (Å²) in [5, 5.41) is 3.32. The molecule has 0 aliphatic heterocycles. The van der Waals surface area contributed by atoms with Gasteiger partial charge >= 0.3 is 0 Å². The maximum Gasteiger partial charge on any atom is 0.266 e. The van der Waals surface area contributed by atoms with Crippen LogP contribution in [0, 0.1) is 18.3 Å². The van der Waals surface area contributed by atoms with E-state index in [9.17, 15) is 4.79 Å². The molecule has 2 nitrogen and oxygen atoms in total. The summed E-state index contributed by atoms with van der Waals surface area (Å²) in [6, 6.07) is 12.3. The van der Waals surface area contributed by atoms with Gasteiger partial charge < -0.3 is 5.32 Å². The molecule has 2 aromatic rings. The third-order valence-electron chi connectivity index (χ3n) is 3.60. The van der Waals surface area contributed by atoms with E-state index in [1.165, 1.54) is 16.9 Å². The number of terminal acetylenes is 1. The molecule has 0 unspecified atom stereocenters. The number of benzene rings is 1. The van der Waals surface area contributed by atoms with Crippen molar-refractivity contribution in [2.24, 2.45) is 5.92 Å². The predicted octanol–water partition coefficient (Wildman–Crippen LogP) is 6.00. The molecular formula is C22H22ClNOS. The van der Waals surface area contributed by atoms with Crippen molar-refractivity contribution >= 4 is 28.8 Å². The number of carbonyl (C=O) groups excluding carboxylic acids is 1. The fourth-order valence-electron chi connectivity index (χ4n) is 2.40. The molecule has 0 fully saturated rings. The Morgan fingerprint density at radius 3 is 2.50 bits per heavy atom. The van der Waals surface area contributed by atoms with Gasteiger partial charge in [0.1, 0.15) is 0 Å². The fourth-order valence-corrected chi connectivity index (χ4v) is 3.37. The maximum absolute atomic E-state index is 12.4. The van der Waals surface area contributed by atoms with Crippen molar-refractivity contribution in [3.63, 3.8) is 0 Å². The number of amides is 1. The van der Waals surface area contributed by atoms with Gasteiger partial charge in [0.15, 0.2) is 0 Å². The number of nitrogens with one attached hydrogen (secondary N) is 1. The van der Waals surface area contributed by atoms with Crippen molar-refractivity contribution in [3.05, 3.63) is 69.7 Å². The number of hydrogen-bond donors (Lipinski definition) is 1. The SMILES string of the molecule is C#C/C(=C\C=C(/C)Cl)NC(=O)c1ccc(-c2ccc(CC(C)C)cc2)s1. The van der Waals surface area contributed by atoms with Gasteiger partial charge in [-0.2, -0.15) is 0 Å². The van der Waals surface area contributed by atoms with Crippen LogP contribution in [0.1, 0.15) is 36.0 Å². The lowest BCUT2D eigenvalue weighted by molar-refractivity contribution is 0.0971. The highest BCUT2D eigenvalue weighted by atomic mass is 35.5. The summed E-state index contributed by atoms with van der Waals surface area (Å²) in [7, 11) is 0. The minimum Gasteiger partial charge on any atom is -0.314 e. The molecule has 0 aliphatic rings. The smallest absolute Gasteiger partial charge is 0.266 e. The first-order valence-corrected chi connectivity index (χ1v) is 9.59. The number of carbonyl (C=O) groups is 1. The van der Waals surface area contributed by atoms with E-state index >= 15 is 0 Å². The van der Waals surface area contributed by atoms with Crippen molar-refractivity contribution in [3.8, 4) is 22.8 Å². The van der Waals surface area contributed by atoms with Gasteiger partial charge in [-0.25, -0.2) is 0 Å². The van der Waals surface area contributed by atoms with Crippen molar-refractivity contribution in [1.29, 1.82) is 0 Å². The number of rotatable bonds is 6. The average Bonchev–Trinajstić information content (AvgIpc) is 3.08. The molecule has 26 heavy (non-hydrogen) atoms. The summed E-state index contributed by atoms with van der Waals surface area (Å²) in [5.41, 5.74) is 2.81. The predicted molar refractivity (Wildman–Crippen MR) is 112 cm³/mol. The molecule has 1 amide bonds. The van der Waals surface area contributed by atoms with Crippen molar-refractivity contribution in [2.45, 2.75) is 27.2 Å². The van der Waals surface area contributed by atoms with Crippen molar-refractivity contribution < 1.29 is 4.79 Å². The van der Waals surface area contributed by atoms with Crippen LogP contribution in [0.3, 0.4) is 0 Å². The molecule has 2 rings (SSSR count). The van der Waals surface area contributed by atoms with E-state index in [-0.39, 0.29) is 5.91 Å². The molecule has 0 bridgehead atoms. The van der Waals surface area contributed by atoms with Crippen LogP contribution in [0.25, 0.3) is 10.4 Å². The van der Waals surface area contributed by atoms with Gasteiger partial charge in [0.2, 0.25) is 0 Å². The Kier molecular flexibility index (Phi) is 7.26. The quantitative estimate of drug-likeness (QED) is 0.480. The average molecular weight is 384 g/mol. The number of halogens is 1. The highest BCUT2D eigenvalue weighted by Gasteiger charge is 2.11. The molecule has 1 aromatic carbocycles. The molecule has 0 saturated heterocycles. The van der Waals surface area contributed by atoms with E-state index in [0.29, 0.717) is 21.5 Å². The van der Waals surface area contributed by atoms with Gasteiger partial charge in [-0.3, -0.25) is 4.79 Å². The van der Waals surface area contributed by atoms with Gasteiger partial charge in [0.25, 0.3) is 5.91 Å². The second-order valence-electron chi connectivity index (χ2n) is 6.39. The second-order valence-corrected chi connectivity index (χ2v) is 8.07. The molecule has 0 saturated carbocycles. The Morgan fingerprint density at radius 1 is 1.23 bits per heavy atom. The zero-order valence-electron chi connectivity index (χ0n) is 15.2. The summed E-state index contributed by atoms with van der Waals surface area (Å²) in [5.74, 6) is 2.86. The molecular weight excluding hydrogens is 362 g/mol. The Balaban J connectivity index is 2.11. The second kappa shape index (κ2) is 9.43. The van der Waals surface area contributed by atoms with Crippen LogP contribution in [0.15, 0.2) is 59.3 Å². The monoisotopic (exact) mass is 383 g/mol. The van der Waals surface area contributed by atoms with Crippen LogP contribution >= 0.6 is 22.9 Å². The van der Waals surface area contributed by atoms with Gasteiger partial charge in [0.05, 0.1) is 10.6 Å². The summed E-state index contributed by atoms with van der Waals surface area (Å²) >= 11 is 7.22. The zero-order valence-corrected chi connectivity index (χ0v) is 16.7. The Labute approximate surface area is 164 Å². The first-order chi connectivity index (χ1) is 12.4. The maximum atomic E-state index is 12.4. The zero-order chi connectivity index (χ0) is 19.1. The van der Waals surface area contributed by atoms with Gasteiger partial charge in [0, 0.05) is 9.91 Å². The molecule has 0 spiro atoms. The summed E-state index contributed by atoms with van der Waals surface area (Å²) in [6.45, 7) is 6.16. The van der Waals surface area contributed by atoms with Crippen molar-refractivity contribution in [1.82, 2.24) is 5.32 Å². The number of allylic oxidation sites excluding steroid dienone is 4. The topological polar surface area (TPSA) is 29.1 Å². The van der Waals surface area contributed by atoms with E-state index in [2.05, 4.69) is 49.4 Å². The van der Waals surface area contributed by atoms with Crippen LogP contribution in [0.5, 0.6) is 0 Å². The Morgan fingerprint density at radius 2 is 1.92 bits per heavy atom. The first-order valence-electron chi connectivity index (χ1n) is 8.40. The standard InChI is InChI=1S/C22H22ClNOS/c1-5-19(11-6-16(4)23)24-22(25)21-13-12-20(26-21)18-9-7-17(8-10-18)14-15(2)3/h1,6-13,15H,14H2,2-4H3,(H,24,25)/b16-6+,19-11+. The van der Waals surface area contributed by atoms with Crippen molar-refractivity contribution in [2.75, 3.05) is 0 Å². The third-order valence-corrected chi connectivity index (χ3v) is 4.85. The van der Waals surface area contributed by atoms with Gasteiger partial charge in [-0.15, -0.1) is 17.8 Å². The van der Waals surface area contributed by atoms with Crippen LogP contribution in [0.2, 0.25) is 0 Å². The lowest BCUT2D eigenvalue weighted by atomic mass is 10.0. The normalized spacial score (nSPS) is 12.2. The van der Waals surface area contributed by atoms with Crippen LogP contribution in [-0.4, -0.2) is 5.91 Å². The largest absolute Gasteiger partial charge is 0.314 e. The highest BCUT2D eigenvalue weighted by Crippen LogP contribution is 2.28. The molecule has 0 radical (unpaired) electrons. The van der Waals surface area contributed by atoms with E-state index in [1.807, 2.05) is 12.1 Å². The minimum absolute atomic E-state index is 0.220. The number of thiophene rings is 1. The van der Waals surface area contributed by atoms with Crippen LogP contribution in [0.4, 0.5) is 0 Å². The molecule has 134 valence electrons. The van der Waals surface area contributed by atoms with E-state index in [0.717, 1.165) is 16.9 Å². The summed E-state index contributed by atoms with van der Waals surface area (Å²) in [6.07, 6.45) is 9.76. The third kappa shape index (κ3) is 5.91. The van der Waals surface area contributed by atoms with Gasteiger partial charge in [-0.05, 0) is 54.7 Å². The summed E-state index contributed by atoms with van der Waals surface area (Å²) < 4.78 is 0. The molecule has 1 aromatic heterocycles. The molecule has 0 aliphatic carbocycles. The first kappa shape index (κ1) is 20.0. The fraction of sp³-hybridized carbons (Fsp3) is 0.227. The van der Waals surface area contributed by atoms with Crippen LogP contribution in [-0.2, 0) is 6.42 Å². The Bertz CT molecular complexity index is 862. The Hall–Kier alpha value is -2.28. The molecule has 0 atom stereocenters. The number of hydrogen-bond acceptors (Lipinski definition) is 2. The van der Waals surface area contributed by atoms with E-state index in [1.54, 1.807) is 19.1 Å². The highest BCUT2D eigenvalue weighted by molar-refractivity contribution is 7.17. The van der Waals surface area contributed by atoms with E-state index < -0.39 is 0 Å². The molecule has 4 heteroatoms. The molecule has 1 heterocycles. The lowest BCUT2D eigenvalue weighted by Crippen LogP contribution is -2.20. The van der Waals surface area contributed by atoms with Gasteiger partial charge in [-0.1, -0.05) is 55.6 Å².